The lowest BCUT2D eigenvalue weighted by molar-refractivity contribution is 0.757. The minimum absolute atomic E-state index is 0.120. The third-order valence-corrected chi connectivity index (χ3v) is 3.25. The van der Waals surface area contributed by atoms with Crippen LogP contribution in [0.1, 0.15) is 24.4 Å². The van der Waals surface area contributed by atoms with Crippen LogP contribution >= 0.6 is 0 Å². The third kappa shape index (κ3) is 1.88. The minimum Gasteiger partial charge on any atom is -0.323 e. The van der Waals surface area contributed by atoms with Gasteiger partial charge in [0.05, 0.1) is 11.4 Å². The van der Waals surface area contributed by atoms with Crippen LogP contribution in [0, 0.1) is 6.92 Å². The summed E-state index contributed by atoms with van der Waals surface area (Å²) in [5, 5.41) is 10.6. The second-order valence-electron chi connectivity index (χ2n) is 4.63. The van der Waals surface area contributed by atoms with E-state index in [4.69, 9.17) is 5.73 Å². The zero-order chi connectivity index (χ0) is 13.4. The van der Waals surface area contributed by atoms with Gasteiger partial charge in [-0.25, -0.2) is 4.68 Å². The molecular formula is C14H15N5. The smallest absolute Gasteiger partial charge is 0.102 e. The Kier molecular flexibility index (Phi) is 2.76. The van der Waals surface area contributed by atoms with Gasteiger partial charge in [0.15, 0.2) is 0 Å². The number of nitrogens with zero attached hydrogens (tertiary/aromatic N) is 4. The van der Waals surface area contributed by atoms with Crippen molar-refractivity contribution in [1.82, 2.24) is 20.0 Å². The number of pyridine rings is 1. The SMILES string of the molecule is Cc1c(C(C)N)nnn1-c1cccc2cnccc12. The lowest BCUT2D eigenvalue weighted by Gasteiger charge is -2.08. The fourth-order valence-corrected chi connectivity index (χ4v) is 2.28. The van der Waals surface area contributed by atoms with Crippen LogP contribution in [0.2, 0.25) is 0 Å². The van der Waals surface area contributed by atoms with Crippen LogP contribution in [-0.2, 0) is 0 Å². The first-order chi connectivity index (χ1) is 9.18. The maximum absolute atomic E-state index is 5.89. The number of fused-ring (bicyclic) bond motifs is 1. The first kappa shape index (κ1) is 11.8. The number of benzene rings is 1. The Morgan fingerprint density at radius 3 is 2.84 bits per heavy atom. The standard InChI is InChI=1S/C14H15N5/c1-9(15)14-10(2)19(18-17-14)13-5-3-4-11-8-16-7-6-12(11)13/h3-9H,15H2,1-2H3. The van der Waals surface area contributed by atoms with Gasteiger partial charge in [0, 0.05) is 29.2 Å². The predicted molar refractivity (Wildman–Crippen MR) is 74.0 cm³/mol. The van der Waals surface area contributed by atoms with Crippen LogP contribution in [0.15, 0.2) is 36.7 Å². The quantitative estimate of drug-likeness (QED) is 0.759. The van der Waals surface area contributed by atoms with Gasteiger partial charge in [-0.15, -0.1) is 5.10 Å². The third-order valence-electron chi connectivity index (χ3n) is 3.25. The molecule has 0 fully saturated rings. The van der Waals surface area contributed by atoms with Crippen LogP contribution in [-0.4, -0.2) is 20.0 Å². The van der Waals surface area contributed by atoms with Gasteiger partial charge >= 0.3 is 0 Å². The number of rotatable bonds is 2. The molecule has 96 valence electrons. The first-order valence-corrected chi connectivity index (χ1v) is 6.19. The molecule has 3 rings (SSSR count). The Morgan fingerprint density at radius 2 is 2.11 bits per heavy atom. The average Bonchev–Trinajstić information content (AvgIpc) is 2.80. The monoisotopic (exact) mass is 253 g/mol. The number of hydrogen-bond donors (Lipinski definition) is 1. The molecule has 5 heteroatoms. The minimum atomic E-state index is -0.120. The molecule has 19 heavy (non-hydrogen) atoms. The fourth-order valence-electron chi connectivity index (χ4n) is 2.28. The molecule has 1 aromatic carbocycles. The molecule has 3 aromatic rings. The maximum atomic E-state index is 5.89. The summed E-state index contributed by atoms with van der Waals surface area (Å²) in [6, 6.07) is 7.91. The highest BCUT2D eigenvalue weighted by molar-refractivity contribution is 5.89. The van der Waals surface area contributed by atoms with Crippen LogP contribution in [0.3, 0.4) is 0 Å². The summed E-state index contributed by atoms with van der Waals surface area (Å²) in [7, 11) is 0. The predicted octanol–water partition coefficient (Wildman–Crippen LogP) is 2.14. The van der Waals surface area contributed by atoms with E-state index < -0.39 is 0 Å². The second-order valence-corrected chi connectivity index (χ2v) is 4.63. The van der Waals surface area contributed by atoms with Gasteiger partial charge in [-0.3, -0.25) is 4.98 Å². The van der Waals surface area contributed by atoms with Gasteiger partial charge in [0.25, 0.3) is 0 Å². The van der Waals surface area contributed by atoms with Gasteiger partial charge in [-0.05, 0) is 26.0 Å². The molecule has 1 unspecified atom stereocenters. The second kappa shape index (κ2) is 4.44. The summed E-state index contributed by atoms with van der Waals surface area (Å²) in [6.07, 6.45) is 3.63. The maximum Gasteiger partial charge on any atom is 0.102 e. The van der Waals surface area contributed by atoms with E-state index in [2.05, 4.69) is 15.3 Å². The van der Waals surface area contributed by atoms with E-state index in [0.717, 1.165) is 27.8 Å². The van der Waals surface area contributed by atoms with Crippen molar-refractivity contribution < 1.29 is 0 Å². The zero-order valence-corrected chi connectivity index (χ0v) is 10.9. The van der Waals surface area contributed by atoms with E-state index in [1.165, 1.54) is 0 Å². The Morgan fingerprint density at radius 1 is 1.26 bits per heavy atom. The first-order valence-electron chi connectivity index (χ1n) is 6.19. The highest BCUT2D eigenvalue weighted by Crippen LogP contribution is 2.23. The Bertz CT molecular complexity index is 724. The fraction of sp³-hybridized carbons (Fsp3) is 0.214. The summed E-state index contributed by atoms with van der Waals surface area (Å²) in [5.41, 5.74) is 8.69. The van der Waals surface area contributed by atoms with Crippen LogP contribution in [0.5, 0.6) is 0 Å². The zero-order valence-electron chi connectivity index (χ0n) is 10.9. The van der Waals surface area contributed by atoms with Crippen LogP contribution in [0.25, 0.3) is 16.5 Å². The average molecular weight is 253 g/mol. The van der Waals surface area contributed by atoms with E-state index in [1.54, 1.807) is 6.20 Å². The summed E-state index contributed by atoms with van der Waals surface area (Å²) >= 11 is 0. The molecule has 0 radical (unpaired) electrons. The summed E-state index contributed by atoms with van der Waals surface area (Å²) < 4.78 is 1.83. The lowest BCUT2D eigenvalue weighted by Crippen LogP contribution is -2.08. The highest BCUT2D eigenvalue weighted by atomic mass is 15.4. The van der Waals surface area contributed by atoms with E-state index in [9.17, 15) is 0 Å². The molecule has 0 aliphatic carbocycles. The van der Waals surface area contributed by atoms with Crippen molar-refractivity contribution in [2.75, 3.05) is 0 Å². The molecular weight excluding hydrogens is 238 g/mol. The largest absolute Gasteiger partial charge is 0.323 e. The topological polar surface area (TPSA) is 69.6 Å². The van der Waals surface area contributed by atoms with Crippen LogP contribution < -0.4 is 5.73 Å². The molecule has 0 spiro atoms. The molecule has 0 saturated heterocycles. The Balaban J connectivity index is 2.25. The lowest BCUT2D eigenvalue weighted by atomic mass is 10.1. The van der Waals surface area contributed by atoms with Crippen molar-refractivity contribution in [3.63, 3.8) is 0 Å². The number of aromatic nitrogens is 4. The molecule has 0 aliphatic heterocycles. The Labute approximate surface area is 111 Å². The molecule has 0 aliphatic rings. The highest BCUT2D eigenvalue weighted by Gasteiger charge is 2.14. The summed E-state index contributed by atoms with van der Waals surface area (Å²) in [5.74, 6) is 0. The van der Waals surface area contributed by atoms with Crippen molar-refractivity contribution in [3.8, 4) is 5.69 Å². The van der Waals surface area contributed by atoms with Gasteiger partial charge in [0.1, 0.15) is 5.69 Å². The van der Waals surface area contributed by atoms with E-state index >= 15 is 0 Å². The van der Waals surface area contributed by atoms with E-state index in [1.807, 2.05) is 49.0 Å². The van der Waals surface area contributed by atoms with Crippen molar-refractivity contribution >= 4 is 10.8 Å². The van der Waals surface area contributed by atoms with E-state index in [-0.39, 0.29) is 6.04 Å². The molecule has 0 saturated carbocycles. The molecule has 2 heterocycles. The van der Waals surface area contributed by atoms with Gasteiger partial charge < -0.3 is 5.73 Å². The van der Waals surface area contributed by atoms with Gasteiger partial charge in [-0.1, -0.05) is 17.3 Å². The normalized spacial score (nSPS) is 12.8. The summed E-state index contributed by atoms with van der Waals surface area (Å²) in [4.78, 5) is 4.14. The molecule has 5 nitrogen and oxygen atoms in total. The van der Waals surface area contributed by atoms with Crippen molar-refractivity contribution in [1.29, 1.82) is 0 Å². The van der Waals surface area contributed by atoms with Crippen molar-refractivity contribution in [2.45, 2.75) is 19.9 Å². The molecule has 0 amide bonds. The molecule has 2 aromatic heterocycles. The number of nitrogens with two attached hydrogens (primary N) is 1. The number of hydrogen-bond acceptors (Lipinski definition) is 4. The molecule has 1 atom stereocenters. The van der Waals surface area contributed by atoms with Gasteiger partial charge in [0.2, 0.25) is 0 Å². The molecule has 0 bridgehead atoms. The summed E-state index contributed by atoms with van der Waals surface area (Å²) in [6.45, 7) is 3.90. The molecule has 2 N–H and O–H groups in total. The van der Waals surface area contributed by atoms with Crippen molar-refractivity contribution in [3.05, 3.63) is 48.0 Å². The Hall–Kier alpha value is -2.27. The van der Waals surface area contributed by atoms with E-state index in [0.29, 0.717) is 0 Å². The van der Waals surface area contributed by atoms with Crippen LogP contribution in [0.4, 0.5) is 0 Å². The van der Waals surface area contributed by atoms with Gasteiger partial charge in [-0.2, -0.15) is 0 Å². The van der Waals surface area contributed by atoms with Crippen molar-refractivity contribution in [2.24, 2.45) is 5.73 Å².